The molecule has 118 valence electrons. The van der Waals surface area contributed by atoms with E-state index in [0.29, 0.717) is 13.1 Å². The maximum absolute atomic E-state index is 12.2. The number of thiophene rings is 1. The lowest BCUT2D eigenvalue weighted by molar-refractivity contribution is 0.207. The fourth-order valence-electron chi connectivity index (χ4n) is 2.53. The zero-order chi connectivity index (χ0) is 16.3. The van der Waals surface area contributed by atoms with Crippen molar-refractivity contribution < 1.29 is 4.79 Å². The summed E-state index contributed by atoms with van der Waals surface area (Å²) in [4.78, 5) is 15.1. The van der Waals surface area contributed by atoms with Crippen molar-refractivity contribution in [2.75, 3.05) is 7.05 Å². The van der Waals surface area contributed by atoms with E-state index in [2.05, 4.69) is 54.2 Å². The van der Waals surface area contributed by atoms with Crippen LogP contribution in [0.2, 0.25) is 0 Å². The minimum Gasteiger partial charge on any atom is -0.334 e. The Kier molecular flexibility index (Phi) is 5.64. The number of amides is 2. The van der Waals surface area contributed by atoms with Crippen LogP contribution in [0.15, 0.2) is 28.1 Å². The van der Waals surface area contributed by atoms with Gasteiger partial charge in [-0.05, 0) is 65.5 Å². The molecule has 0 aliphatic heterocycles. The van der Waals surface area contributed by atoms with E-state index in [9.17, 15) is 4.79 Å². The molecule has 0 unspecified atom stereocenters. The maximum Gasteiger partial charge on any atom is 0.317 e. The summed E-state index contributed by atoms with van der Waals surface area (Å²) >= 11 is 5.09. The molecule has 2 rings (SSSR count). The third-order valence-electron chi connectivity index (χ3n) is 3.63. The first-order valence-corrected chi connectivity index (χ1v) is 8.77. The Hall–Kier alpha value is -1.33. The molecule has 3 nitrogen and oxygen atoms in total. The summed E-state index contributed by atoms with van der Waals surface area (Å²) in [5.41, 5.74) is 4.90. The maximum atomic E-state index is 12.2. The van der Waals surface area contributed by atoms with E-state index in [1.807, 2.05) is 19.2 Å². The summed E-state index contributed by atoms with van der Waals surface area (Å²) < 4.78 is 1.09. The molecule has 1 aromatic carbocycles. The Morgan fingerprint density at radius 1 is 1.23 bits per heavy atom. The van der Waals surface area contributed by atoms with E-state index < -0.39 is 0 Å². The second kappa shape index (κ2) is 7.29. The predicted octanol–water partition coefficient (Wildman–Crippen LogP) is 4.78. The van der Waals surface area contributed by atoms with Crippen molar-refractivity contribution in [3.8, 4) is 0 Å². The molecule has 0 radical (unpaired) electrons. The van der Waals surface area contributed by atoms with Gasteiger partial charge in [-0.2, -0.15) is 0 Å². The van der Waals surface area contributed by atoms with Crippen LogP contribution in [0.25, 0.3) is 0 Å². The van der Waals surface area contributed by atoms with Crippen molar-refractivity contribution in [1.29, 1.82) is 0 Å². The third-order valence-corrected chi connectivity index (χ3v) is 5.23. The van der Waals surface area contributed by atoms with Gasteiger partial charge in [0, 0.05) is 18.5 Å². The normalized spacial score (nSPS) is 10.6. The zero-order valence-electron chi connectivity index (χ0n) is 13.4. The number of urea groups is 1. The van der Waals surface area contributed by atoms with Crippen LogP contribution in [0.5, 0.6) is 0 Å². The number of benzene rings is 1. The van der Waals surface area contributed by atoms with E-state index in [4.69, 9.17) is 0 Å². The van der Waals surface area contributed by atoms with Crippen LogP contribution in [-0.2, 0) is 13.1 Å². The lowest BCUT2D eigenvalue weighted by atomic mass is 10.00. The summed E-state index contributed by atoms with van der Waals surface area (Å²) in [5, 5.41) is 3.01. The van der Waals surface area contributed by atoms with Crippen LogP contribution in [0.3, 0.4) is 0 Å². The van der Waals surface area contributed by atoms with Crippen molar-refractivity contribution in [3.63, 3.8) is 0 Å². The van der Waals surface area contributed by atoms with E-state index in [1.54, 1.807) is 16.2 Å². The molecule has 0 aliphatic carbocycles. The fourth-order valence-corrected chi connectivity index (χ4v) is 4.07. The molecule has 1 N–H and O–H groups in total. The van der Waals surface area contributed by atoms with Gasteiger partial charge in [0.2, 0.25) is 0 Å². The highest BCUT2D eigenvalue weighted by molar-refractivity contribution is 9.11. The average molecular weight is 381 g/mol. The Bertz CT molecular complexity index is 658. The number of hydrogen-bond acceptors (Lipinski definition) is 2. The van der Waals surface area contributed by atoms with E-state index in [-0.39, 0.29) is 6.03 Å². The molecule has 0 bridgehead atoms. The average Bonchev–Trinajstić information content (AvgIpc) is 2.82. The SMILES string of the molecule is Cc1cc(C)c(CNC(=O)N(C)Cc2ccc(Br)s2)c(C)c1. The van der Waals surface area contributed by atoms with Crippen molar-refractivity contribution in [2.45, 2.75) is 33.9 Å². The van der Waals surface area contributed by atoms with Crippen molar-refractivity contribution in [3.05, 3.63) is 55.2 Å². The third kappa shape index (κ3) is 4.34. The van der Waals surface area contributed by atoms with Gasteiger partial charge in [-0.3, -0.25) is 0 Å². The highest BCUT2D eigenvalue weighted by atomic mass is 79.9. The van der Waals surface area contributed by atoms with Crippen molar-refractivity contribution >= 4 is 33.3 Å². The molecule has 0 saturated heterocycles. The summed E-state index contributed by atoms with van der Waals surface area (Å²) in [6.07, 6.45) is 0. The molecule has 0 saturated carbocycles. The summed E-state index contributed by atoms with van der Waals surface area (Å²) in [5.74, 6) is 0. The molecule has 1 aromatic heterocycles. The van der Waals surface area contributed by atoms with Gasteiger partial charge in [-0.15, -0.1) is 11.3 Å². The van der Waals surface area contributed by atoms with Gasteiger partial charge in [0.1, 0.15) is 0 Å². The first-order valence-electron chi connectivity index (χ1n) is 7.16. The second-order valence-corrected chi connectivity index (χ2v) is 8.15. The van der Waals surface area contributed by atoms with Gasteiger partial charge in [0.05, 0.1) is 10.3 Å². The number of halogens is 1. The van der Waals surface area contributed by atoms with E-state index in [1.165, 1.54) is 22.3 Å². The first kappa shape index (κ1) is 17.0. The van der Waals surface area contributed by atoms with Gasteiger partial charge in [-0.1, -0.05) is 17.7 Å². The number of carbonyl (C=O) groups is 1. The van der Waals surface area contributed by atoms with Gasteiger partial charge in [0.25, 0.3) is 0 Å². The van der Waals surface area contributed by atoms with Crippen LogP contribution in [-0.4, -0.2) is 18.0 Å². The molecule has 22 heavy (non-hydrogen) atoms. The van der Waals surface area contributed by atoms with Gasteiger partial charge < -0.3 is 10.2 Å². The number of rotatable bonds is 4. The number of carbonyl (C=O) groups excluding carboxylic acids is 1. The molecule has 0 fully saturated rings. The van der Waals surface area contributed by atoms with Crippen LogP contribution in [0, 0.1) is 20.8 Å². The summed E-state index contributed by atoms with van der Waals surface area (Å²) in [6.45, 7) is 7.46. The summed E-state index contributed by atoms with van der Waals surface area (Å²) in [6, 6.07) is 8.30. The Balaban J connectivity index is 1.95. The number of hydrogen-bond donors (Lipinski definition) is 1. The van der Waals surface area contributed by atoms with Gasteiger partial charge in [-0.25, -0.2) is 4.79 Å². The van der Waals surface area contributed by atoms with Gasteiger partial charge in [0.15, 0.2) is 0 Å². The lowest BCUT2D eigenvalue weighted by Gasteiger charge is -2.18. The highest BCUT2D eigenvalue weighted by Crippen LogP contribution is 2.23. The summed E-state index contributed by atoms with van der Waals surface area (Å²) in [7, 11) is 1.82. The number of nitrogens with one attached hydrogen (secondary N) is 1. The van der Waals surface area contributed by atoms with Crippen LogP contribution < -0.4 is 5.32 Å². The molecular weight excluding hydrogens is 360 g/mol. The van der Waals surface area contributed by atoms with E-state index >= 15 is 0 Å². The quantitative estimate of drug-likeness (QED) is 0.813. The second-order valence-electron chi connectivity index (χ2n) is 5.60. The number of nitrogens with zero attached hydrogens (tertiary/aromatic N) is 1. The smallest absolute Gasteiger partial charge is 0.317 e. The van der Waals surface area contributed by atoms with Gasteiger partial charge >= 0.3 is 6.03 Å². The van der Waals surface area contributed by atoms with Crippen LogP contribution in [0.4, 0.5) is 4.79 Å². The standard InChI is InChI=1S/C17H21BrN2OS/c1-11-7-12(2)15(13(3)8-11)9-19-17(21)20(4)10-14-5-6-16(18)22-14/h5-8H,9-10H2,1-4H3,(H,19,21). The fraction of sp³-hybridized carbons (Fsp3) is 0.353. The van der Waals surface area contributed by atoms with Crippen LogP contribution >= 0.6 is 27.3 Å². The van der Waals surface area contributed by atoms with Crippen molar-refractivity contribution in [1.82, 2.24) is 10.2 Å². The largest absolute Gasteiger partial charge is 0.334 e. The molecular formula is C17H21BrN2OS. The topological polar surface area (TPSA) is 32.3 Å². The Morgan fingerprint density at radius 3 is 2.41 bits per heavy atom. The number of aryl methyl sites for hydroxylation is 3. The minimum atomic E-state index is -0.0519. The molecule has 1 heterocycles. The van der Waals surface area contributed by atoms with Crippen molar-refractivity contribution in [2.24, 2.45) is 0 Å². The monoisotopic (exact) mass is 380 g/mol. The Labute approximate surface area is 144 Å². The predicted molar refractivity (Wildman–Crippen MR) is 96.4 cm³/mol. The minimum absolute atomic E-state index is 0.0519. The molecule has 0 spiro atoms. The molecule has 5 heteroatoms. The van der Waals surface area contributed by atoms with Crippen LogP contribution in [0.1, 0.15) is 27.1 Å². The molecule has 0 aliphatic rings. The first-order chi connectivity index (χ1) is 10.4. The van der Waals surface area contributed by atoms with E-state index in [0.717, 1.165) is 8.66 Å². The Morgan fingerprint density at radius 2 is 1.86 bits per heavy atom. The zero-order valence-corrected chi connectivity index (χ0v) is 15.8. The molecule has 0 atom stereocenters. The lowest BCUT2D eigenvalue weighted by Crippen LogP contribution is -2.36. The molecule has 2 aromatic rings. The highest BCUT2D eigenvalue weighted by Gasteiger charge is 2.11. The molecule has 2 amide bonds.